The quantitative estimate of drug-likeness (QED) is 0.580. The predicted molar refractivity (Wildman–Crippen MR) is 124 cm³/mol. The van der Waals surface area contributed by atoms with E-state index < -0.39 is 5.25 Å². The molecule has 1 unspecified atom stereocenters. The fourth-order valence-electron chi connectivity index (χ4n) is 3.47. The second-order valence-corrected chi connectivity index (χ2v) is 8.78. The number of hydrogen-bond acceptors (Lipinski definition) is 4. The first-order valence-corrected chi connectivity index (χ1v) is 10.9. The Morgan fingerprint density at radius 3 is 2.29 bits per heavy atom. The van der Waals surface area contributed by atoms with Crippen LogP contribution in [0.2, 0.25) is 0 Å². The summed E-state index contributed by atoms with van der Waals surface area (Å²) in [4.78, 5) is 39.9. The number of carbonyl (C=O) groups is 3. The molecular weight excluding hydrogens is 408 g/mol. The van der Waals surface area contributed by atoms with Gasteiger partial charge in [-0.05, 0) is 61.9 Å². The maximum absolute atomic E-state index is 12.8. The van der Waals surface area contributed by atoms with E-state index in [-0.39, 0.29) is 24.1 Å². The van der Waals surface area contributed by atoms with Gasteiger partial charge in [0.2, 0.25) is 11.8 Å². The highest BCUT2D eigenvalue weighted by Gasteiger charge is 2.40. The summed E-state index contributed by atoms with van der Waals surface area (Å²) in [6.45, 7) is 3.86. The third-order valence-corrected chi connectivity index (χ3v) is 6.37. The smallest absolute Gasteiger partial charge is 0.255 e. The van der Waals surface area contributed by atoms with Gasteiger partial charge in [0.1, 0.15) is 0 Å². The molecule has 0 radical (unpaired) electrons. The zero-order chi connectivity index (χ0) is 22.0. The number of benzene rings is 3. The highest BCUT2D eigenvalue weighted by Crippen LogP contribution is 2.34. The molecule has 3 aromatic rings. The third-order valence-electron chi connectivity index (χ3n) is 5.18. The average Bonchev–Trinajstić information content (AvgIpc) is 3.03. The predicted octanol–water partition coefficient (Wildman–Crippen LogP) is 4.98. The van der Waals surface area contributed by atoms with E-state index >= 15 is 0 Å². The standard InChI is InChI=1S/C25H22N2O3S/c1-16-7-11-19(12-8-16)27-23(28)15-22(25(27)30)31-20-13-9-18(10-14-20)26-24(29)21-6-4-3-5-17(21)2/h3-14,22H,15H2,1-2H3,(H,26,29). The van der Waals surface area contributed by atoms with Crippen molar-refractivity contribution in [2.24, 2.45) is 0 Å². The Balaban J connectivity index is 1.41. The SMILES string of the molecule is Cc1ccc(N2C(=O)CC(Sc3ccc(NC(=O)c4ccccc4C)cc3)C2=O)cc1. The molecule has 0 bridgehead atoms. The molecule has 1 aliphatic heterocycles. The Morgan fingerprint density at radius 2 is 1.61 bits per heavy atom. The fourth-order valence-corrected chi connectivity index (χ4v) is 4.52. The first-order valence-electron chi connectivity index (χ1n) is 9.99. The summed E-state index contributed by atoms with van der Waals surface area (Å²) in [6, 6.07) is 22.1. The number of nitrogens with one attached hydrogen (secondary N) is 1. The van der Waals surface area contributed by atoms with Crippen LogP contribution in [-0.2, 0) is 9.59 Å². The number of thioether (sulfide) groups is 1. The molecule has 4 rings (SSSR count). The molecule has 5 nitrogen and oxygen atoms in total. The van der Waals surface area contributed by atoms with E-state index in [1.165, 1.54) is 16.7 Å². The van der Waals surface area contributed by atoms with E-state index in [1.807, 2.05) is 56.3 Å². The molecule has 6 heteroatoms. The van der Waals surface area contributed by atoms with E-state index in [1.54, 1.807) is 30.3 Å². The molecule has 1 aliphatic rings. The van der Waals surface area contributed by atoms with Crippen molar-refractivity contribution in [1.29, 1.82) is 0 Å². The third kappa shape index (κ3) is 4.54. The van der Waals surface area contributed by atoms with Gasteiger partial charge in [-0.2, -0.15) is 0 Å². The molecule has 0 spiro atoms. The minimum Gasteiger partial charge on any atom is -0.322 e. The fraction of sp³-hybridized carbons (Fsp3) is 0.160. The van der Waals surface area contributed by atoms with E-state index in [2.05, 4.69) is 5.32 Å². The molecule has 31 heavy (non-hydrogen) atoms. The van der Waals surface area contributed by atoms with Crippen LogP contribution < -0.4 is 10.2 Å². The lowest BCUT2D eigenvalue weighted by atomic mass is 10.1. The van der Waals surface area contributed by atoms with Crippen LogP contribution in [0, 0.1) is 13.8 Å². The van der Waals surface area contributed by atoms with Gasteiger partial charge in [0, 0.05) is 22.6 Å². The first-order chi connectivity index (χ1) is 14.9. The van der Waals surface area contributed by atoms with Crippen molar-refractivity contribution in [3.05, 3.63) is 89.5 Å². The number of anilines is 2. The van der Waals surface area contributed by atoms with Crippen molar-refractivity contribution in [2.75, 3.05) is 10.2 Å². The normalized spacial score (nSPS) is 15.9. The van der Waals surface area contributed by atoms with Crippen molar-refractivity contribution >= 4 is 40.9 Å². The summed E-state index contributed by atoms with van der Waals surface area (Å²) in [6.07, 6.45) is 0.170. The molecule has 156 valence electrons. The minimum absolute atomic E-state index is 0.163. The summed E-state index contributed by atoms with van der Waals surface area (Å²) in [5.74, 6) is -0.548. The van der Waals surface area contributed by atoms with Crippen LogP contribution in [0.1, 0.15) is 27.9 Å². The molecule has 3 aromatic carbocycles. The number of imide groups is 1. The van der Waals surface area contributed by atoms with Gasteiger partial charge in [0.05, 0.1) is 10.9 Å². The zero-order valence-electron chi connectivity index (χ0n) is 17.3. The second-order valence-electron chi connectivity index (χ2n) is 7.51. The maximum Gasteiger partial charge on any atom is 0.255 e. The van der Waals surface area contributed by atoms with Gasteiger partial charge in [-0.15, -0.1) is 11.8 Å². The summed E-state index contributed by atoms with van der Waals surface area (Å²) in [5.41, 5.74) is 3.90. The van der Waals surface area contributed by atoms with Crippen molar-refractivity contribution in [1.82, 2.24) is 0 Å². The number of hydrogen-bond donors (Lipinski definition) is 1. The van der Waals surface area contributed by atoms with Crippen LogP contribution in [-0.4, -0.2) is 23.0 Å². The largest absolute Gasteiger partial charge is 0.322 e. The van der Waals surface area contributed by atoms with Crippen molar-refractivity contribution in [3.8, 4) is 0 Å². The van der Waals surface area contributed by atoms with E-state index in [9.17, 15) is 14.4 Å². The topological polar surface area (TPSA) is 66.5 Å². The monoisotopic (exact) mass is 430 g/mol. The Kier molecular flexibility index (Phi) is 5.91. The molecular formula is C25H22N2O3S. The summed E-state index contributed by atoms with van der Waals surface area (Å²) >= 11 is 1.37. The molecule has 0 aliphatic carbocycles. The van der Waals surface area contributed by atoms with Gasteiger partial charge >= 0.3 is 0 Å². The van der Waals surface area contributed by atoms with Gasteiger partial charge in [-0.25, -0.2) is 4.90 Å². The molecule has 3 amide bonds. The van der Waals surface area contributed by atoms with E-state index in [0.29, 0.717) is 16.9 Å². The Bertz CT molecular complexity index is 1140. The number of aryl methyl sites for hydroxylation is 2. The van der Waals surface area contributed by atoms with Crippen LogP contribution in [0.4, 0.5) is 11.4 Å². The zero-order valence-corrected chi connectivity index (χ0v) is 18.1. The van der Waals surface area contributed by atoms with Gasteiger partial charge in [0.25, 0.3) is 5.91 Å². The number of carbonyl (C=O) groups excluding carboxylic acids is 3. The maximum atomic E-state index is 12.8. The lowest BCUT2D eigenvalue weighted by Gasteiger charge is -2.15. The van der Waals surface area contributed by atoms with Crippen LogP contribution in [0.3, 0.4) is 0 Å². The molecule has 0 saturated carbocycles. The number of amides is 3. The molecule has 0 aromatic heterocycles. The van der Waals surface area contributed by atoms with Crippen molar-refractivity contribution < 1.29 is 14.4 Å². The minimum atomic E-state index is -0.457. The molecule has 1 fully saturated rings. The Morgan fingerprint density at radius 1 is 0.935 bits per heavy atom. The number of rotatable bonds is 5. The van der Waals surface area contributed by atoms with Crippen LogP contribution in [0.25, 0.3) is 0 Å². The summed E-state index contributed by atoms with van der Waals surface area (Å²) < 4.78 is 0. The Hall–Kier alpha value is -3.38. The molecule has 1 atom stereocenters. The van der Waals surface area contributed by atoms with Crippen LogP contribution in [0.15, 0.2) is 77.7 Å². The Labute approximate surface area is 185 Å². The molecule has 1 heterocycles. The van der Waals surface area contributed by atoms with Gasteiger partial charge in [0.15, 0.2) is 0 Å². The average molecular weight is 431 g/mol. The highest BCUT2D eigenvalue weighted by atomic mass is 32.2. The van der Waals surface area contributed by atoms with Crippen molar-refractivity contribution in [3.63, 3.8) is 0 Å². The summed E-state index contributed by atoms with van der Waals surface area (Å²) in [7, 11) is 0. The number of nitrogens with zero attached hydrogens (tertiary/aromatic N) is 1. The van der Waals surface area contributed by atoms with Crippen LogP contribution in [0.5, 0.6) is 0 Å². The van der Waals surface area contributed by atoms with Crippen LogP contribution >= 0.6 is 11.8 Å². The van der Waals surface area contributed by atoms with Gasteiger partial charge in [-0.1, -0.05) is 35.9 Å². The van der Waals surface area contributed by atoms with E-state index in [4.69, 9.17) is 0 Å². The van der Waals surface area contributed by atoms with E-state index in [0.717, 1.165) is 16.0 Å². The van der Waals surface area contributed by atoms with Gasteiger partial charge < -0.3 is 5.32 Å². The van der Waals surface area contributed by atoms with Gasteiger partial charge in [-0.3, -0.25) is 14.4 Å². The molecule has 1 N–H and O–H groups in total. The first kappa shape index (κ1) is 20.9. The highest BCUT2D eigenvalue weighted by molar-refractivity contribution is 8.00. The molecule has 1 saturated heterocycles. The summed E-state index contributed by atoms with van der Waals surface area (Å²) in [5, 5.41) is 2.43. The lowest BCUT2D eigenvalue weighted by molar-refractivity contribution is -0.121. The second kappa shape index (κ2) is 8.78. The lowest BCUT2D eigenvalue weighted by Crippen LogP contribution is -2.31. The van der Waals surface area contributed by atoms with Crippen molar-refractivity contribution in [2.45, 2.75) is 30.4 Å².